The molecule has 2 unspecified atom stereocenters. The molecule has 1 saturated carbocycles. The summed E-state index contributed by atoms with van der Waals surface area (Å²) >= 11 is 0. The smallest absolute Gasteiger partial charge is 0.236 e. The maximum Gasteiger partial charge on any atom is 0.236 e. The van der Waals surface area contributed by atoms with Crippen LogP contribution in [0.5, 0.6) is 0 Å². The molecule has 1 amide bonds. The minimum Gasteiger partial charge on any atom is -0.385 e. The van der Waals surface area contributed by atoms with Crippen LogP contribution in [0.3, 0.4) is 0 Å². The Hall–Kier alpha value is -0.610. The van der Waals surface area contributed by atoms with E-state index in [1.54, 1.807) is 7.11 Å². The van der Waals surface area contributed by atoms with E-state index < -0.39 is 0 Å². The number of nitrogens with one attached hydrogen (secondary N) is 2. The van der Waals surface area contributed by atoms with Crippen molar-refractivity contribution in [1.29, 1.82) is 0 Å². The minimum absolute atomic E-state index is 0.0933. The molecule has 0 aliphatic heterocycles. The summed E-state index contributed by atoms with van der Waals surface area (Å²) in [5.74, 6) is 0.0933. The summed E-state index contributed by atoms with van der Waals surface area (Å²) in [5, 5.41) is 6.36. The van der Waals surface area contributed by atoms with E-state index in [4.69, 9.17) is 4.74 Å². The minimum atomic E-state index is -0.105. The van der Waals surface area contributed by atoms with E-state index in [-0.39, 0.29) is 11.9 Å². The first-order valence-corrected chi connectivity index (χ1v) is 6.97. The molecule has 1 rings (SSSR count). The SMILES string of the molecule is COCCCNC(=O)C(C)NC1CCC(C)(C)C1. The molecule has 0 aromatic heterocycles. The number of methoxy groups -OCH3 is 1. The molecule has 0 bridgehead atoms. The quantitative estimate of drug-likeness (QED) is 0.682. The topological polar surface area (TPSA) is 50.4 Å². The number of carbonyl (C=O) groups excluding carboxylic acids is 1. The van der Waals surface area contributed by atoms with Gasteiger partial charge in [0, 0.05) is 26.3 Å². The Morgan fingerprint density at radius 2 is 2.22 bits per heavy atom. The predicted octanol–water partition coefficient (Wildman–Crippen LogP) is 1.70. The molecule has 1 aliphatic rings. The predicted molar refractivity (Wildman–Crippen MR) is 73.5 cm³/mol. The summed E-state index contributed by atoms with van der Waals surface area (Å²) in [6.45, 7) is 7.92. The van der Waals surface area contributed by atoms with E-state index in [0.717, 1.165) is 12.8 Å². The zero-order valence-corrected chi connectivity index (χ0v) is 12.2. The van der Waals surface area contributed by atoms with Crippen molar-refractivity contribution in [2.45, 2.75) is 58.5 Å². The van der Waals surface area contributed by atoms with Gasteiger partial charge in [0.15, 0.2) is 0 Å². The first-order chi connectivity index (χ1) is 8.44. The second-order valence-electron chi connectivity index (χ2n) is 6.13. The van der Waals surface area contributed by atoms with E-state index in [0.29, 0.717) is 24.6 Å². The van der Waals surface area contributed by atoms with Crippen molar-refractivity contribution in [1.82, 2.24) is 10.6 Å². The molecule has 0 saturated heterocycles. The molecular weight excluding hydrogens is 228 g/mol. The van der Waals surface area contributed by atoms with Gasteiger partial charge in [0.1, 0.15) is 0 Å². The molecule has 2 N–H and O–H groups in total. The van der Waals surface area contributed by atoms with Gasteiger partial charge in [0.25, 0.3) is 0 Å². The first-order valence-electron chi connectivity index (χ1n) is 6.97. The Balaban J connectivity index is 2.19. The molecule has 1 fully saturated rings. The largest absolute Gasteiger partial charge is 0.385 e. The molecule has 4 nitrogen and oxygen atoms in total. The zero-order valence-electron chi connectivity index (χ0n) is 12.2. The van der Waals surface area contributed by atoms with E-state index in [1.807, 2.05) is 6.92 Å². The molecular formula is C14H28N2O2. The average molecular weight is 256 g/mol. The normalized spacial score (nSPS) is 23.9. The Morgan fingerprint density at radius 1 is 1.50 bits per heavy atom. The maximum absolute atomic E-state index is 11.8. The van der Waals surface area contributed by atoms with Crippen LogP contribution < -0.4 is 10.6 Å². The fourth-order valence-electron chi connectivity index (χ4n) is 2.59. The summed E-state index contributed by atoms with van der Waals surface area (Å²) in [5.41, 5.74) is 0.423. The Morgan fingerprint density at radius 3 is 2.78 bits per heavy atom. The Labute approximate surface area is 111 Å². The Kier molecular flexibility index (Phi) is 6.09. The lowest BCUT2D eigenvalue weighted by atomic mass is 9.92. The number of amides is 1. The van der Waals surface area contributed by atoms with Crippen LogP contribution in [-0.2, 0) is 9.53 Å². The molecule has 2 atom stereocenters. The van der Waals surface area contributed by atoms with Gasteiger partial charge in [0.2, 0.25) is 5.91 Å². The standard InChI is InChI=1S/C14H28N2O2/c1-11(13(17)15-8-5-9-18-4)16-12-6-7-14(2,3)10-12/h11-12,16H,5-10H2,1-4H3,(H,15,17). The van der Waals surface area contributed by atoms with Gasteiger partial charge in [-0.1, -0.05) is 13.8 Å². The van der Waals surface area contributed by atoms with Gasteiger partial charge in [0.05, 0.1) is 6.04 Å². The monoisotopic (exact) mass is 256 g/mol. The Bertz CT molecular complexity index is 267. The molecule has 18 heavy (non-hydrogen) atoms. The van der Waals surface area contributed by atoms with Crippen LogP contribution in [0.1, 0.15) is 46.5 Å². The van der Waals surface area contributed by atoms with E-state index in [1.165, 1.54) is 12.8 Å². The summed E-state index contributed by atoms with van der Waals surface area (Å²) in [7, 11) is 1.67. The van der Waals surface area contributed by atoms with Crippen LogP contribution in [0.2, 0.25) is 0 Å². The van der Waals surface area contributed by atoms with Gasteiger partial charge >= 0.3 is 0 Å². The zero-order chi connectivity index (χ0) is 13.6. The lowest BCUT2D eigenvalue weighted by molar-refractivity contribution is -0.123. The fraction of sp³-hybridized carbons (Fsp3) is 0.929. The highest BCUT2D eigenvalue weighted by molar-refractivity contribution is 5.81. The maximum atomic E-state index is 11.8. The molecule has 0 radical (unpaired) electrons. The molecule has 1 aliphatic carbocycles. The van der Waals surface area contributed by atoms with Crippen molar-refractivity contribution in [2.75, 3.05) is 20.3 Å². The summed E-state index contributed by atoms with van der Waals surface area (Å²) in [6.07, 6.45) is 4.45. The molecule has 0 heterocycles. The van der Waals surface area contributed by atoms with Crippen LogP contribution in [0.15, 0.2) is 0 Å². The fourth-order valence-corrected chi connectivity index (χ4v) is 2.59. The van der Waals surface area contributed by atoms with Crippen LogP contribution in [0, 0.1) is 5.41 Å². The van der Waals surface area contributed by atoms with Crippen molar-refractivity contribution < 1.29 is 9.53 Å². The van der Waals surface area contributed by atoms with Crippen LogP contribution in [0.4, 0.5) is 0 Å². The number of rotatable bonds is 7. The third-order valence-electron chi connectivity index (χ3n) is 3.67. The number of ether oxygens (including phenoxy) is 1. The second-order valence-corrected chi connectivity index (χ2v) is 6.13. The molecule has 0 spiro atoms. The van der Waals surface area contributed by atoms with Crippen molar-refractivity contribution in [3.63, 3.8) is 0 Å². The van der Waals surface area contributed by atoms with Crippen molar-refractivity contribution in [3.8, 4) is 0 Å². The van der Waals surface area contributed by atoms with Crippen LogP contribution in [-0.4, -0.2) is 38.3 Å². The van der Waals surface area contributed by atoms with E-state index in [9.17, 15) is 4.79 Å². The molecule has 0 aromatic rings. The van der Waals surface area contributed by atoms with Crippen molar-refractivity contribution >= 4 is 5.91 Å². The highest BCUT2D eigenvalue weighted by atomic mass is 16.5. The summed E-state index contributed by atoms with van der Waals surface area (Å²) < 4.78 is 4.95. The third-order valence-corrected chi connectivity index (χ3v) is 3.67. The summed E-state index contributed by atoms with van der Waals surface area (Å²) in [4.78, 5) is 11.8. The number of carbonyl (C=O) groups is 1. The van der Waals surface area contributed by atoms with Crippen molar-refractivity contribution in [2.24, 2.45) is 5.41 Å². The first kappa shape index (κ1) is 15.4. The highest BCUT2D eigenvalue weighted by Gasteiger charge is 2.32. The van der Waals surface area contributed by atoms with Gasteiger partial charge in [-0.15, -0.1) is 0 Å². The van der Waals surface area contributed by atoms with Gasteiger partial charge in [-0.3, -0.25) is 4.79 Å². The van der Waals surface area contributed by atoms with Crippen molar-refractivity contribution in [3.05, 3.63) is 0 Å². The van der Waals surface area contributed by atoms with Gasteiger partial charge in [-0.05, 0) is 38.0 Å². The van der Waals surface area contributed by atoms with E-state index in [2.05, 4.69) is 24.5 Å². The highest BCUT2D eigenvalue weighted by Crippen LogP contribution is 2.36. The lowest BCUT2D eigenvalue weighted by Gasteiger charge is -2.21. The molecule has 106 valence electrons. The average Bonchev–Trinajstić information content (AvgIpc) is 2.63. The second kappa shape index (κ2) is 7.10. The number of hydrogen-bond acceptors (Lipinski definition) is 3. The van der Waals surface area contributed by atoms with Gasteiger partial charge < -0.3 is 15.4 Å². The lowest BCUT2D eigenvalue weighted by Crippen LogP contribution is -2.46. The van der Waals surface area contributed by atoms with Crippen LogP contribution >= 0.6 is 0 Å². The molecule has 4 heteroatoms. The van der Waals surface area contributed by atoms with Gasteiger partial charge in [-0.25, -0.2) is 0 Å². The van der Waals surface area contributed by atoms with Gasteiger partial charge in [-0.2, -0.15) is 0 Å². The van der Waals surface area contributed by atoms with E-state index >= 15 is 0 Å². The third kappa shape index (κ3) is 5.36. The number of hydrogen-bond donors (Lipinski definition) is 2. The molecule has 0 aromatic carbocycles. The summed E-state index contributed by atoms with van der Waals surface area (Å²) in [6, 6.07) is 0.381. The van der Waals surface area contributed by atoms with Crippen LogP contribution in [0.25, 0.3) is 0 Å².